The number of unbranched alkanes of at least 4 members (excludes halogenated alkanes) is 1. The van der Waals surface area contributed by atoms with Crippen LogP contribution < -0.4 is 10.6 Å². The van der Waals surface area contributed by atoms with Crippen LogP contribution in [0, 0.1) is 0 Å². The second-order valence-corrected chi connectivity index (χ2v) is 6.90. The second-order valence-electron chi connectivity index (χ2n) is 6.90. The Hall–Kier alpha value is -1.06. The van der Waals surface area contributed by atoms with Gasteiger partial charge in [0, 0.05) is 45.3 Å². The Kier molecular flexibility index (Phi) is 8.94. The van der Waals surface area contributed by atoms with E-state index in [0.29, 0.717) is 25.5 Å². The van der Waals surface area contributed by atoms with Crippen molar-refractivity contribution in [1.82, 2.24) is 20.4 Å². The van der Waals surface area contributed by atoms with Gasteiger partial charge in [0.25, 0.3) is 0 Å². The molecule has 9 heteroatoms. The molecule has 0 aromatic carbocycles. The molecule has 2 aliphatic heterocycles. The van der Waals surface area contributed by atoms with Gasteiger partial charge in [0.1, 0.15) is 0 Å². The molecule has 0 amide bonds. The number of aliphatic imine (C=N–C) groups is 1. The van der Waals surface area contributed by atoms with Crippen LogP contribution in [0.4, 0.5) is 13.2 Å². The Bertz CT molecular complexity index is 427. The summed E-state index contributed by atoms with van der Waals surface area (Å²) in [4.78, 5) is 8.42. The van der Waals surface area contributed by atoms with E-state index in [1.807, 2.05) is 6.92 Å². The molecule has 0 spiro atoms. The number of ether oxygens (including phenoxy) is 1. The SMILES string of the molecule is CCNC(=NCCCCN1CCOCC1)NC1CCN(CC(F)(F)F)C1. The number of hydrogen-bond acceptors (Lipinski definition) is 4. The van der Waals surface area contributed by atoms with Crippen LogP contribution in [0.5, 0.6) is 0 Å². The van der Waals surface area contributed by atoms with E-state index in [2.05, 4.69) is 20.5 Å². The third-order valence-electron chi connectivity index (χ3n) is 4.62. The molecule has 0 aromatic rings. The van der Waals surface area contributed by atoms with Crippen LogP contribution in [0.15, 0.2) is 4.99 Å². The number of alkyl halides is 3. The highest BCUT2D eigenvalue weighted by molar-refractivity contribution is 5.80. The van der Waals surface area contributed by atoms with Gasteiger partial charge in [0.05, 0.1) is 19.8 Å². The summed E-state index contributed by atoms with van der Waals surface area (Å²) in [6, 6.07) is 0.0171. The summed E-state index contributed by atoms with van der Waals surface area (Å²) >= 11 is 0. The van der Waals surface area contributed by atoms with Crippen molar-refractivity contribution in [3.63, 3.8) is 0 Å². The van der Waals surface area contributed by atoms with Gasteiger partial charge in [-0.1, -0.05) is 0 Å². The molecule has 1 atom stereocenters. The van der Waals surface area contributed by atoms with Crippen LogP contribution in [0.2, 0.25) is 0 Å². The predicted octanol–water partition coefficient (Wildman–Crippen LogP) is 1.29. The minimum Gasteiger partial charge on any atom is -0.379 e. The average Bonchev–Trinajstić information content (AvgIpc) is 3.00. The van der Waals surface area contributed by atoms with Crippen LogP contribution >= 0.6 is 0 Å². The molecule has 26 heavy (non-hydrogen) atoms. The Morgan fingerprint density at radius 3 is 2.62 bits per heavy atom. The molecule has 1 unspecified atom stereocenters. The Balaban J connectivity index is 1.66. The third-order valence-corrected chi connectivity index (χ3v) is 4.62. The Morgan fingerprint density at radius 1 is 1.15 bits per heavy atom. The first-order valence-corrected chi connectivity index (χ1v) is 9.60. The molecule has 0 bridgehead atoms. The number of likely N-dealkylation sites (tertiary alicyclic amines) is 1. The van der Waals surface area contributed by atoms with Crippen molar-refractivity contribution in [1.29, 1.82) is 0 Å². The van der Waals surface area contributed by atoms with Crippen molar-refractivity contribution < 1.29 is 17.9 Å². The topological polar surface area (TPSA) is 52.1 Å². The van der Waals surface area contributed by atoms with Crippen LogP contribution in [-0.4, -0.2) is 93.5 Å². The number of guanidine groups is 1. The lowest BCUT2D eigenvalue weighted by Crippen LogP contribution is -2.45. The molecule has 152 valence electrons. The summed E-state index contributed by atoms with van der Waals surface area (Å²) < 4.78 is 42.8. The molecule has 2 N–H and O–H groups in total. The van der Waals surface area contributed by atoms with E-state index in [1.165, 1.54) is 4.90 Å². The molecule has 2 aliphatic rings. The van der Waals surface area contributed by atoms with E-state index in [9.17, 15) is 13.2 Å². The van der Waals surface area contributed by atoms with Gasteiger partial charge in [0.2, 0.25) is 0 Å². The molecule has 6 nitrogen and oxygen atoms in total. The quantitative estimate of drug-likeness (QED) is 0.378. The Morgan fingerprint density at radius 2 is 1.92 bits per heavy atom. The van der Waals surface area contributed by atoms with Crippen LogP contribution in [0.1, 0.15) is 26.2 Å². The highest BCUT2D eigenvalue weighted by Crippen LogP contribution is 2.19. The zero-order valence-electron chi connectivity index (χ0n) is 15.7. The van der Waals surface area contributed by atoms with Gasteiger partial charge < -0.3 is 15.4 Å². The van der Waals surface area contributed by atoms with E-state index >= 15 is 0 Å². The molecule has 0 aliphatic carbocycles. The average molecular weight is 379 g/mol. The predicted molar refractivity (Wildman–Crippen MR) is 96.5 cm³/mol. The van der Waals surface area contributed by atoms with E-state index in [1.54, 1.807) is 0 Å². The fourth-order valence-corrected chi connectivity index (χ4v) is 3.32. The molecular formula is C17H32F3N5O. The zero-order chi connectivity index (χ0) is 18.8. The summed E-state index contributed by atoms with van der Waals surface area (Å²) in [5.74, 6) is 0.706. The van der Waals surface area contributed by atoms with Gasteiger partial charge in [-0.15, -0.1) is 0 Å². The summed E-state index contributed by atoms with van der Waals surface area (Å²) in [5, 5.41) is 6.46. The van der Waals surface area contributed by atoms with Gasteiger partial charge in [-0.3, -0.25) is 14.8 Å². The van der Waals surface area contributed by atoms with Crippen molar-refractivity contribution in [2.24, 2.45) is 4.99 Å². The first-order chi connectivity index (χ1) is 12.5. The normalized spacial score (nSPS) is 23.4. The minimum atomic E-state index is -4.13. The smallest absolute Gasteiger partial charge is 0.379 e. The van der Waals surface area contributed by atoms with Gasteiger partial charge in [-0.2, -0.15) is 13.2 Å². The molecular weight excluding hydrogens is 347 g/mol. The standard InChI is InChI=1S/C17H32F3N5O/c1-2-21-16(22-6-3-4-7-24-9-11-26-12-10-24)23-15-5-8-25(13-15)14-17(18,19)20/h15H,2-14H2,1H3,(H2,21,22,23). The molecule has 0 saturated carbocycles. The van der Waals surface area contributed by atoms with Gasteiger partial charge in [-0.25, -0.2) is 0 Å². The van der Waals surface area contributed by atoms with Crippen molar-refractivity contribution in [2.45, 2.75) is 38.4 Å². The largest absolute Gasteiger partial charge is 0.401 e. The van der Waals surface area contributed by atoms with Crippen molar-refractivity contribution in [3.8, 4) is 0 Å². The molecule has 0 radical (unpaired) electrons. The number of nitrogens with one attached hydrogen (secondary N) is 2. The number of halogens is 3. The fraction of sp³-hybridized carbons (Fsp3) is 0.941. The fourth-order valence-electron chi connectivity index (χ4n) is 3.32. The first kappa shape index (κ1) is 21.2. The van der Waals surface area contributed by atoms with Crippen LogP contribution in [0.25, 0.3) is 0 Å². The minimum absolute atomic E-state index is 0.0171. The van der Waals surface area contributed by atoms with E-state index in [4.69, 9.17) is 4.74 Å². The maximum atomic E-state index is 12.5. The lowest BCUT2D eigenvalue weighted by Gasteiger charge is -2.26. The lowest BCUT2D eigenvalue weighted by molar-refractivity contribution is -0.143. The monoisotopic (exact) mass is 379 g/mol. The first-order valence-electron chi connectivity index (χ1n) is 9.60. The highest BCUT2D eigenvalue weighted by Gasteiger charge is 2.34. The summed E-state index contributed by atoms with van der Waals surface area (Å²) in [6.07, 6.45) is -1.34. The zero-order valence-corrected chi connectivity index (χ0v) is 15.7. The third kappa shape index (κ3) is 8.55. The van der Waals surface area contributed by atoms with Gasteiger partial charge >= 0.3 is 6.18 Å². The van der Waals surface area contributed by atoms with Crippen molar-refractivity contribution in [3.05, 3.63) is 0 Å². The van der Waals surface area contributed by atoms with Crippen LogP contribution in [0.3, 0.4) is 0 Å². The van der Waals surface area contributed by atoms with Gasteiger partial charge in [0.15, 0.2) is 5.96 Å². The van der Waals surface area contributed by atoms with E-state index < -0.39 is 12.7 Å². The molecule has 0 aromatic heterocycles. The number of hydrogen-bond donors (Lipinski definition) is 2. The molecule has 2 saturated heterocycles. The second kappa shape index (κ2) is 10.9. The Labute approximate surface area is 154 Å². The van der Waals surface area contributed by atoms with E-state index in [0.717, 1.165) is 58.8 Å². The summed E-state index contributed by atoms with van der Waals surface area (Å²) in [7, 11) is 0. The molecule has 2 fully saturated rings. The van der Waals surface area contributed by atoms with Gasteiger partial charge in [-0.05, 0) is 32.7 Å². The lowest BCUT2D eigenvalue weighted by atomic mass is 10.2. The van der Waals surface area contributed by atoms with Crippen molar-refractivity contribution in [2.75, 3.05) is 65.6 Å². The molecule has 2 rings (SSSR count). The maximum absolute atomic E-state index is 12.5. The van der Waals surface area contributed by atoms with Crippen molar-refractivity contribution >= 4 is 5.96 Å². The maximum Gasteiger partial charge on any atom is 0.401 e. The van der Waals surface area contributed by atoms with Crippen LogP contribution in [-0.2, 0) is 4.74 Å². The summed E-state index contributed by atoms with van der Waals surface area (Å²) in [5.41, 5.74) is 0. The number of rotatable bonds is 8. The van der Waals surface area contributed by atoms with E-state index in [-0.39, 0.29) is 6.04 Å². The summed E-state index contributed by atoms with van der Waals surface area (Å²) in [6.45, 7) is 8.19. The number of nitrogens with zero attached hydrogens (tertiary/aromatic N) is 3. The number of morpholine rings is 1. The molecule has 2 heterocycles. The highest BCUT2D eigenvalue weighted by atomic mass is 19.4.